The van der Waals surface area contributed by atoms with E-state index in [0.717, 1.165) is 5.69 Å². The maximum absolute atomic E-state index is 11.5. The largest absolute Gasteiger partial charge is 0.346 e. The third kappa shape index (κ3) is 4.43. The van der Waals surface area contributed by atoms with Gasteiger partial charge in [0.05, 0.1) is 16.3 Å². The molecule has 0 atom stereocenters. The van der Waals surface area contributed by atoms with E-state index in [-0.39, 0.29) is 0 Å². The molecular weight excluding hydrogens is 353 g/mol. The predicted molar refractivity (Wildman–Crippen MR) is 90.7 cm³/mol. The summed E-state index contributed by atoms with van der Waals surface area (Å²) in [6, 6.07) is 5.17. The third-order valence-electron chi connectivity index (χ3n) is 3.17. The first-order valence-corrected chi connectivity index (χ1v) is 9.25. The Hall–Kier alpha value is -0.600. The van der Waals surface area contributed by atoms with Crippen LogP contribution in [0, 0.1) is 0 Å². The first-order chi connectivity index (χ1) is 9.77. The predicted octanol–water partition coefficient (Wildman–Crippen LogP) is 2.27. The lowest BCUT2D eigenvalue weighted by Gasteiger charge is -2.34. The van der Waals surface area contributed by atoms with Gasteiger partial charge >= 0.3 is 0 Å². The van der Waals surface area contributed by atoms with Gasteiger partial charge in [0.2, 0.25) is 10.0 Å². The van der Waals surface area contributed by atoms with E-state index in [0.29, 0.717) is 41.3 Å². The van der Waals surface area contributed by atoms with Gasteiger partial charge in [0.25, 0.3) is 0 Å². The number of halogens is 2. The molecule has 1 heterocycles. The van der Waals surface area contributed by atoms with Crippen molar-refractivity contribution in [1.29, 1.82) is 0 Å². The molecule has 21 heavy (non-hydrogen) atoms. The van der Waals surface area contributed by atoms with Crippen LogP contribution < -0.4 is 5.32 Å². The Morgan fingerprint density at radius 2 is 1.81 bits per heavy atom. The Bertz CT molecular complexity index is 644. The zero-order chi connectivity index (χ0) is 15.6. The van der Waals surface area contributed by atoms with E-state index in [1.165, 1.54) is 10.6 Å². The lowest BCUT2D eigenvalue weighted by Crippen LogP contribution is -2.51. The van der Waals surface area contributed by atoms with Gasteiger partial charge in [-0.15, -0.1) is 0 Å². The van der Waals surface area contributed by atoms with E-state index < -0.39 is 10.0 Å². The number of nitrogens with zero attached hydrogens (tertiary/aromatic N) is 2. The zero-order valence-electron chi connectivity index (χ0n) is 11.3. The molecule has 1 aliphatic rings. The molecule has 5 nitrogen and oxygen atoms in total. The van der Waals surface area contributed by atoms with Crippen molar-refractivity contribution < 1.29 is 8.42 Å². The van der Waals surface area contributed by atoms with Gasteiger partial charge in [0.1, 0.15) is 0 Å². The molecule has 116 valence electrons. The molecule has 2 rings (SSSR count). The van der Waals surface area contributed by atoms with Crippen LogP contribution in [0.5, 0.6) is 0 Å². The highest BCUT2D eigenvalue weighted by atomic mass is 35.5. The van der Waals surface area contributed by atoms with Crippen molar-refractivity contribution >= 4 is 56.2 Å². The van der Waals surface area contributed by atoms with Gasteiger partial charge in [-0.1, -0.05) is 23.2 Å². The lowest BCUT2D eigenvalue weighted by molar-refractivity contribution is 0.270. The van der Waals surface area contributed by atoms with Crippen molar-refractivity contribution in [3.63, 3.8) is 0 Å². The SMILES string of the molecule is CS(=O)(=O)N1CCN(C(=S)Nc2ccc(Cl)c(Cl)c2)CC1. The monoisotopic (exact) mass is 367 g/mol. The van der Waals surface area contributed by atoms with Crippen molar-refractivity contribution in [1.82, 2.24) is 9.21 Å². The van der Waals surface area contributed by atoms with Gasteiger partial charge in [-0.25, -0.2) is 8.42 Å². The highest BCUT2D eigenvalue weighted by molar-refractivity contribution is 7.88. The number of thiocarbonyl (C=S) groups is 1. The molecule has 1 N–H and O–H groups in total. The number of sulfonamides is 1. The minimum absolute atomic E-state index is 0.433. The number of benzene rings is 1. The summed E-state index contributed by atoms with van der Waals surface area (Å²) in [5, 5.41) is 4.55. The molecule has 9 heteroatoms. The Kier molecular flexibility index (Phi) is 5.32. The minimum Gasteiger partial charge on any atom is -0.346 e. The van der Waals surface area contributed by atoms with Crippen LogP contribution in [0.15, 0.2) is 18.2 Å². The van der Waals surface area contributed by atoms with Crippen molar-refractivity contribution in [2.24, 2.45) is 0 Å². The van der Waals surface area contributed by atoms with Crippen LogP contribution >= 0.6 is 35.4 Å². The van der Waals surface area contributed by atoms with E-state index in [1.54, 1.807) is 18.2 Å². The second kappa shape index (κ2) is 6.66. The topological polar surface area (TPSA) is 52.7 Å². The summed E-state index contributed by atoms with van der Waals surface area (Å²) in [6.45, 7) is 1.98. The number of hydrogen-bond acceptors (Lipinski definition) is 3. The van der Waals surface area contributed by atoms with E-state index in [9.17, 15) is 8.42 Å². The Labute approximate surface area is 139 Å². The van der Waals surface area contributed by atoms with E-state index in [2.05, 4.69) is 5.32 Å². The average Bonchev–Trinajstić information content (AvgIpc) is 2.42. The summed E-state index contributed by atoms with van der Waals surface area (Å²) in [5.74, 6) is 0. The summed E-state index contributed by atoms with van der Waals surface area (Å²) < 4.78 is 24.4. The van der Waals surface area contributed by atoms with Crippen LogP contribution in [0.25, 0.3) is 0 Å². The number of hydrogen-bond donors (Lipinski definition) is 1. The van der Waals surface area contributed by atoms with E-state index in [4.69, 9.17) is 35.4 Å². The molecule has 1 saturated heterocycles. The van der Waals surface area contributed by atoms with Gasteiger partial charge in [-0.05, 0) is 30.4 Å². The van der Waals surface area contributed by atoms with Crippen LogP contribution in [0.3, 0.4) is 0 Å². The van der Waals surface area contributed by atoms with Crippen molar-refractivity contribution in [3.05, 3.63) is 28.2 Å². The Balaban J connectivity index is 1.95. The number of anilines is 1. The quantitative estimate of drug-likeness (QED) is 0.812. The standard InChI is InChI=1S/C12H15Cl2N3O2S2/c1-21(18,19)17-6-4-16(5-7-17)12(20)15-9-2-3-10(13)11(14)8-9/h2-3,8H,4-7H2,1H3,(H,15,20). The first-order valence-electron chi connectivity index (χ1n) is 6.23. The smallest absolute Gasteiger partial charge is 0.211 e. The fraction of sp³-hybridized carbons (Fsp3) is 0.417. The van der Waals surface area contributed by atoms with Gasteiger partial charge < -0.3 is 10.2 Å². The van der Waals surface area contributed by atoms with Crippen molar-refractivity contribution in [2.75, 3.05) is 37.8 Å². The summed E-state index contributed by atoms with van der Waals surface area (Å²) in [7, 11) is -3.13. The van der Waals surface area contributed by atoms with Gasteiger partial charge in [-0.3, -0.25) is 0 Å². The molecule has 0 bridgehead atoms. The fourth-order valence-electron chi connectivity index (χ4n) is 2.00. The molecule has 1 aromatic rings. The molecule has 0 spiro atoms. The molecule has 1 aromatic carbocycles. The Morgan fingerprint density at radius 3 is 2.33 bits per heavy atom. The maximum atomic E-state index is 11.5. The summed E-state index contributed by atoms with van der Waals surface area (Å²) in [5.41, 5.74) is 0.750. The van der Waals surface area contributed by atoms with Crippen LogP contribution in [0.2, 0.25) is 10.0 Å². The van der Waals surface area contributed by atoms with E-state index in [1.807, 2.05) is 4.90 Å². The van der Waals surface area contributed by atoms with Crippen LogP contribution in [0.4, 0.5) is 5.69 Å². The normalized spacial score (nSPS) is 16.8. The second-order valence-corrected chi connectivity index (χ2v) is 7.89. The van der Waals surface area contributed by atoms with Gasteiger partial charge in [-0.2, -0.15) is 4.31 Å². The average molecular weight is 368 g/mol. The fourth-order valence-corrected chi connectivity index (χ4v) is 3.42. The highest BCUT2D eigenvalue weighted by Crippen LogP contribution is 2.25. The van der Waals surface area contributed by atoms with Crippen LogP contribution in [-0.2, 0) is 10.0 Å². The van der Waals surface area contributed by atoms with E-state index >= 15 is 0 Å². The number of nitrogens with one attached hydrogen (secondary N) is 1. The van der Waals surface area contributed by atoms with Crippen LogP contribution in [0.1, 0.15) is 0 Å². The minimum atomic E-state index is -3.13. The molecule has 0 aliphatic carbocycles. The van der Waals surface area contributed by atoms with Crippen molar-refractivity contribution in [3.8, 4) is 0 Å². The zero-order valence-corrected chi connectivity index (χ0v) is 14.5. The summed E-state index contributed by atoms with van der Waals surface area (Å²) in [6.07, 6.45) is 1.22. The molecule has 0 aromatic heterocycles. The molecule has 1 fully saturated rings. The van der Waals surface area contributed by atoms with Crippen molar-refractivity contribution in [2.45, 2.75) is 0 Å². The highest BCUT2D eigenvalue weighted by Gasteiger charge is 2.24. The summed E-state index contributed by atoms with van der Waals surface area (Å²) in [4.78, 5) is 1.93. The summed E-state index contributed by atoms with van der Waals surface area (Å²) >= 11 is 17.1. The molecule has 0 saturated carbocycles. The number of piperazine rings is 1. The Morgan fingerprint density at radius 1 is 1.19 bits per heavy atom. The molecular formula is C12H15Cl2N3O2S2. The van der Waals surface area contributed by atoms with Gasteiger partial charge in [0, 0.05) is 31.9 Å². The molecule has 1 aliphatic heterocycles. The molecule has 0 radical (unpaired) electrons. The third-order valence-corrected chi connectivity index (χ3v) is 5.57. The lowest BCUT2D eigenvalue weighted by atomic mass is 10.3. The molecule has 0 unspecified atom stereocenters. The second-order valence-electron chi connectivity index (χ2n) is 4.71. The van der Waals surface area contributed by atoms with Gasteiger partial charge in [0.15, 0.2) is 5.11 Å². The number of rotatable bonds is 2. The first kappa shape index (κ1) is 16.8. The van der Waals surface area contributed by atoms with Crippen LogP contribution in [-0.4, -0.2) is 55.2 Å². The maximum Gasteiger partial charge on any atom is 0.211 e. The molecule has 0 amide bonds.